The van der Waals surface area contributed by atoms with Gasteiger partial charge >= 0.3 is 0 Å². The van der Waals surface area contributed by atoms with Gasteiger partial charge in [0.05, 0.1) is 23.4 Å². The Kier molecular flexibility index (Phi) is 3.84. The van der Waals surface area contributed by atoms with E-state index in [4.69, 9.17) is 0 Å². The van der Waals surface area contributed by atoms with E-state index in [1.54, 1.807) is 6.33 Å². The number of nitrogens with zero attached hydrogens (tertiary/aromatic N) is 2. The Morgan fingerprint density at radius 2 is 2.05 bits per heavy atom. The van der Waals surface area contributed by atoms with Crippen LogP contribution in [0.3, 0.4) is 0 Å². The smallest absolute Gasteiger partial charge is 0.0931 e. The first-order valence-electron chi connectivity index (χ1n) is 7.34. The van der Waals surface area contributed by atoms with E-state index in [1.165, 1.54) is 17.0 Å². The second-order valence-corrected chi connectivity index (χ2v) is 7.51. The monoisotopic (exact) mass is 373 g/mol. The van der Waals surface area contributed by atoms with Crippen LogP contribution in [0, 0.1) is 0 Å². The van der Waals surface area contributed by atoms with E-state index >= 15 is 0 Å². The molecule has 1 aliphatic rings. The minimum Gasteiger partial charge on any atom is -0.363 e. The van der Waals surface area contributed by atoms with Crippen LogP contribution in [0.1, 0.15) is 11.6 Å². The van der Waals surface area contributed by atoms with Gasteiger partial charge in [0.1, 0.15) is 0 Å². The fraction of sp³-hybridized carbons (Fsp3) is 0.235. The first kappa shape index (κ1) is 14.2. The van der Waals surface area contributed by atoms with Gasteiger partial charge in [-0.1, -0.05) is 28.1 Å². The molecule has 22 heavy (non-hydrogen) atoms. The fourth-order valence-corrected chi connectivity index (χ4v) is 4.33. The van der Waals surface area contributed by atoms with Crippen molar-refractivity contribution in [3.8, 4) is 0 Å². The Hall–Kier alpha value is -1.46. The molecule has 2 heterocycles. The summed E-state index contributed by atoms with van der Waals surface area (Å²) in [6.07, 6.45) is 1.76. The maximum absolute atomic E-state index is 4.31. The third kappa shape index (κ3) is 2.63. The Morgan fingerprint density at radius 3 is 2.91 bits per heavy atom. The number of fused-ring (bicyclic) bond motifs is 1. The molecule has 1 unspecified atom stereocenters. The molecular weight excluding hydrogens is 358 g/mol. The summed E-state index contributed by atoms with van der Waals surface area (Å²) >= 11 is 5.55. The summed E-state index contributed by atoms with van der Waals surface area (Å²) in [7, 11) is 0. The topological polar surface area (TPSA) is 31.9 Å². The lowest BCUT2D eigenvalue weighted by atomic mass is 10.1. The molecule has 4 rings (SSSR count). The van der Waals surface area contributed by atoms with E-state index < -0.39 is 0 Å². The van der Waals surface area contributed by atoms with Gasteiger partial charge in [-0.15, -0.1) is 0 Å². The molecular formula is C17H16BrN3S. The van der Waals surface area contributed by atoms with Crippen LogP contribution in [0.2, 0.25) is 0 Å². The maximum Gasteiger partial charge on any atom is 0.0931 e. The fourth-order valence-electron chi connectivity index (χ4n) is 2.98. The molecule has 0 saturated carbocycles. The van der Waals surface area contributed by atoms with Crippen molar-refractivity contribution in [1.82, 2.24) is 9.97 Å². The number of aromatic nitrogens is 2. The van der Waals surface area contributed by atoms with Gasteiger partial charge < -0.3 is 9.88 Å². The molecule has 1 aromatic heterocycles. The summed E-state index contributed by atoms with van der Waals surface area (Å²) in [6.45, 7) is 1.07. The van der Waals surface area contributed by atoms with Crippen molar-refractivity contribution in [1.29, 1.82) is 0 Å². The van der Waals surface area contributed by atoms with E-state index in [1.807, 2.05) is 11.8 Å². The van der Waals surface area contributed by atoms with Crippen molar-refractivity contribution < 1.29 is 0 Å². The quantitative estimate of drug-likeness (QED) is 0.710. The number of hydrogen-bond donors (Lipinski definition) is 1. The molecule has 0 radical (unpaired) electrons. The van der Waals surface area contributed by atoms with Gasteiger partial charge in [-0.05, 0) is 35.9 Å². The number of anilines is 1. The van der Waals surface area contributed by atoms with Gasteiger partial charge in [0, 0.05) is 28.2 Å². The predicted octanol–water partition coefficient (Wildman–Crippen LogP) is 4.62. The first-order valence-corrected chi connectivity index (χ1v) is 9.29. The van der Waals surface area contributed by atoms with Crippen LogP contribution in [0.4, 0.5) is 5.69 Å². The largest absolute Gasteiger partial charge is 0.363 e. The van der Waals surface area contributed by atoms with E-state index in [9.17, 15) is 0 Å². The zero-order valence-corrected chi connectivity index (χ0v) is 14.4. The number of thioether (sulfide) groups is 1. The van der Waals surface area contributed by atoms with Gasteiger partial charge in [-0.25, -0.2) is 4.98 Å². The highest BCUT2D eigenvalue weighted by molar-refractivity contribution is 9.10. The highest BCUT2D eigenvalue weighted by Gasteiger charge is 2.24. The molecule has 112 valence electrons. The molecule has 0 aliphatic carbocycles. The first-order chi connectivity index (χ1) is 10.8. The number of imidazole rings is 1. The molecule has 1 aliphatic heterocycles. The molecule has 0 bridgehead atoms. The second-order valence-electron chi connectivity index (χ2n) is 5.44. The molecule has 1 fully saturated rings. The Morgan fingerprint density at radius 1 is 1.18 bits per heavy atom. The number of nitrogens with one attached hydrogen (secondary N) is 1. The molecule has 1 atom stereocenters. The summed E-state index contributed by atoms with van der Waals surface area (Å²) in [4.78, 5) is 10.0. The second kappa shape index (κ2) is 5.97. The number of hydrogen-bond acceptors (Lipinski definition) is 3. The van der Waals surface area contributed by atoms with Gasteiger partial charge in [0.25, 0.3) is 0 Å². The van der Waals surface area contributed by atoms with Crippen molar-refractivity contribution in [2.24, 2.45) is 0 Å². The van der Waals surface area contributed by atoms with E-state index in [0.717, 1.165) is 27.8 Å². The molecule has 1 N–H and O–H groups in total. The van der Waals surface area contributed by atoms with Crippen molar-refractivity contribution in [3.63, 3.8) is 0 Å². The molecule has 0 amide bonds. The van der Waals surface area contributed by atoms with Gasteiger partial charge in [-0.2, -0.15) is 11.8 Å². The summed E-state index contributed by atoms with van der Waals surface area (Å²) in [5.74, 6) is 2.30. The number of H-pyrrole nitrogens is 1. The van der Waals surface area contributed by atoms with Crippen LogP contribution in [-0.2, 0) is 0 Å². The maximum atomic E-state index is 4.31. The Bertz CT molecular complexity index is 784. The number of benzene rings is 2. The molecule has 1 saturated heterocycles. The van der Waals surface area contributed by atoms with E-state index in [2.05, 4.69) is 73.3 Å². The molecule has 2 aromatic carbocycles. The highest BCUT2D eigenvalue weighted by Crippen LogP contribution is 2.35. The normalized spacial score (nSPS) is 18.8. The SMILES string of the molecule is Brc1ccc(C2CSCCN2c2ccc3nc[nH]c3c2)cc1. The summed E-state index contributed by atoms with van der Waals surface area (Å²) in [6, 6.07) is 15.6. The third-order valence-corrected chi connectivity index (χ3v) is 5.67. The lowest BCUT2D eigenvalue weighted by molar-refractivity contribution is 0.687. The lowest BCUT2D eigenvalue weighted by Gasteiger charge is -2.37. The van der Waals surface area contributed by atoms with Crippen LogP contribution in [-0.4, -0.2) is 28.0 Å². The summed E-state index contributed by atoms with van der Waals surface area (Å²) in [5.41, 5.74) is 4.77. The average molecular weight is 374 g/mol. The summed E-state index contributed by atoms with van der Waals surface area (Å²) < 4.78 is 1.13. The minimum atomic E-state index is 0.423. The van der Waals surface area contributed by atoms with Gasteiger partial charge in [-0.3, -0.25) is 0 Å². The molecule has 3 aromatic rings. The standard InChI is InChI=1S/C17H16BrN3S/c18-13-3-1-12(2-4-13)17-10-22-8-7-21(17)14-5-6-15-16(9-14)20-11-19-15/h1-6,9,11,17H,7-8,10H2,(H,19,20). The van der Waals surface area contributed by atoms with Crippen LogP contribution in [0.25, 0.3) is 11.0 Å². The van der Waals surface area contributed by atoms with Crippen LogP contribution < -0.4 is 4.90 Å². The highest BCUT2D eigenvalue weighted by atomic mass is 79.9. The Labute approximate surface area is 142 Å². The number of rotatable bonds is 2. The van der Waals surface area contributed by atoms with Crippen LogP contribution in [0.5, 0.6) is 0 Å². The van der Waals surface area contributed by atoms with Gasteiger partial charge in [0.2, 0.25) is 0 Å². The van der Waals surface area contributed by atoms with Crippen molar-refractivity contribution >= 4 is 44.4 Å². The van der Waals surface area contributed by atoms with Crippen molar-refractivity contribution in [3.05, 3.63) is 58.8 Å². The van der Waals surface area contributed by atoms with E-state index in [0.29, 0.717) is 6.04 Å². The third-order valence-electron chi connectivity index (χ3n) is 4.12. The van der Waals surface area contributed by atoms with Crippen LogP contribution in [0.15, 0.2) is 53.3 Å². The van der Waals surface area contributed by atoms with Crippen molar-refractivity contribution in [2.45, 2.75) is 6.04 Å². The number of halogens is 1. The minimum absolute atomic E-state index is 0.423. The summed E-state index contributed by atoms with van der Waals surface area (Å²) in [5, 5.41) is 0. The molecule has 5 heteroatoms. The predicted molar refractivity (Wildman–Crippen MR) is 97.6 cm³/mol. The van der Waals surface area contributed by atoms with Crippen LogP contribution >= 0.6 is 27.7 Å². The average Bonchev–Trinajstić information content (AvgIpc) is 3.03. The molecule has 0 spiro atoms. The lowest BCUT2D eigenvalue weighted by Crippen LogP contribution is -2.36. The van der Waals surface area contributed by atoms with Gasteiger partial charge in [0.15, 0.2) is 0 Å². The molecule has 3 nitrogen and oxygen atoms in total. The van der Waals surface area contributed by atoms with Crippen molar-refractivity contribution in [2.75, 3.05) is 23.0 Å². The zero-order chi connectivity index (χ0) is 14.9. The zero-order valence-electron chi connectivity index (χ0n) is 12.0. The number of aromatic amines is 1. The van der Waals surface area contributed by atoms with E-state index in [-0.39, 0.29) is 0 Å². The Balaban J connectivity index is 1.71.